The van der Waals surface area contributed by atoms with Crippen LogP contribution >= 0.6 is 0 Å². The van der Waals surface area contributed by atoms with Gasteiger partial charge in [-0.15, -0.1) is 0 Å². The lowest BCUT2D eigenvalue weighted by molar-refractivity contribution is -0.123. The Labute approximate surface area is 178 Å². The Balaban J connectivity index is 1.31. The molecule has 7 heteroatoms. The Kier molecular flexibility index (Phi) is 6.57. The molecule has 1 aliphatic heterocycles. The fourth-order valence-corrected chi connectivity index (χ4v) is 4.51. The van der Waals surface area contributed by atoms with Crippen LogP contribution in [0.25, 0.3) is 11.4 Å². The van der Waals surface area contributed by atoms with Crippen LogP contribution in [0, 0.1) is 12.8 Å². The van der Waals surface area contributed by atoms with Crippen LogP contribution in [-0.2, 0) is 4.79 Å². The molecular formula is C23H32N6O. The van der Waals surface area contributed by atoms with Crippen molar-refractivity contribution in [2.45, 2.75) is 45.6 Å². The molecule has 4 rings (SSSR count). The van der Waals surface area contributed by atoms with E-state index in [0.29, 0.717) is 18.4 Å². The van der Waals surface area contributed by atoms with Crippen LogP contribution in [0.3, 0.4) is 0 Å². The van der Waals surface area contributed by atoms with Crippen molar-refractivity contribution in [1.29, 1.82) is 0 Å². The molecule has 2 unspecified atom stereocenters. The zero-order valence-corrected chi connectivity index (χ0v) is 18.0. The second-order valence-electron chi connectivity index (χ2n) is 8.73. The zero-order chi connectivity index (χ0) is 20.9. The van der Waals surface area contributed by atoms with Gasteiger partial charge >= 0.3 is 0 Å². The van der Waals surface area contributed by atoms with Crippen molar-refractivity contribution in [2.75, 3.05) is 37.6 Å². The summed E-state index contributed by atoms with van der Waals surface area (Å²) >= 11 is 0. The highest BCUT2D eigenvalue weighted by atomic mass is 16.2. The summed E-state index contributed by atoms with van der Waals surface area (Å²) in [7, 11) is 0. The maximum Gasteiger partial charge on any atom is 0.234 e. The minimum absolute atomic E-state index is 0.166. The molecule has 1 saturated carbocycles. The van der Waals surface area contributed by atoms with Gasteiger partial charge in [0.1, 0.15) is 5.82 Å². The van der Waals surface area contributed by atoms with Gasteiger partial charge in [-0.2, -0.15) is 0 Å². The summed E-state index contributed by atoms with van der Waals surface area (Å²) in [5.41, 5.74) is 1.87. The minimum Gasteiger partial charge on any atom is -0.354 e. The van der Waals surface area contributed by atoms with Gasteiger partial charge < -0.3 is 10.2 Å². The number of carbonyl (C=O) groups excluding carboxylic acids is 1. The van der Waals surface area contributed by atoms with Crippen LogP contribution < -0.4 is 10.2 Å². The number of amides is 1. The lowest BCUT2D eigenvalue weighted by Gasteiger charge is -2.35. The molecule has 0 aromatic carbocycles. The largest absolute Gasteiger partial charge is 0.354 e. The molecule has 1 N–H and O–H groups in total. The van der Waals surface area contributed by atoms with E-state index in [9.17, 15) is 4.79 Å². The van der Waals surface area contributed by atoms with Crippen molar-refractivity contribution < 1.29 is 4.79 Å². The van der Waals surface area contributed by atoms with E-state index in [4.69, 9.17) is 4.98 Å². The number of anilines is 1. The van der Waals surface area contributed by atoms with E-state index >= 15 is 0 Å². The molecule has 3 heterocycles. The Morgan fingerprint density at radius 3 is 2.77 bits per heavy atom. The lowest BCUT2D eigenvalue weighted by atomic mass is 9.87. The van der Waals surface area contributed by atoms with Crippen molar-refractivity contribution in [3.8, 4) is 11.4 Å². The molecule has 2 aromatic heterocycles. The van der Waals surface area contributed by atoms with Gasteiger partial charge in [0.25, 0.3) is 0 Å². The van der Waals surface area contributed by atoms with E-state index in [1.807, 2.05) is 25.1 Å². The molecule has 1 aliphatic carbocycles. The van der Waals surface area contributed by atoms with E-state index in [1.54, 1.807) is 12.4 Å². The SMILES string of the molecule is Cc1cc(N2CCN(CC(=O)NC3CCCC(C)C3)CC2)nc(-c2cccnc2)n1. The van der Waals surface area contributed by atoms with Gasteiger partial charge in [0.2, 0.25) is 5.91 Å². The van der Waals surface area contributed by atoms with Gasteiger partial charge in [-0.25, -0.2) is 9.97 Å². The first-order valence-corrected chi connectivity index (χ1v) is 11.1. The number of hydrogen-bond acceptors (Lipinski definition) is 6. The monoisotopic (exact) mass is 408 g/mol. The van der Waals surface area contributed by atoms with Gasteiger partial charge in [0, 0.05) is 61.9 Å². The van der Waals surface area contributed by atoms with Crippen molar-refractivity contribution in [1.82, 2.24) is 25.2 Å². The Bertz CT molecular complexity index is 850. The number of pyridine rings is 1. The van der Waals surface area contributed by atoms with Crippen molar-refractivity contribution in [3.63, 3.8) is 0 Å². The fourth-order valence-electron chi connectivity index (χ4n) is 4.51. The highest BCUT2D eigenvalue weighted by molar-refractivity contribution is 5.78. The maximum absolute atomic E-state index is 12.5. The molecule has 2 atom stereocenters. The third kappa shape index (κ3) is 5.33. The number of nitrogens with zero attached hydrogens (tertiary/aromatic N) is 5. The molecule has 2 aromatic rings. The molecule has 160 valence electrons. The van der Waals surface area contributed by atoms with Crippen LogP contribution in [0.4, 0.5) is 5.82 Å². The first-order valence-electron chi connectivity index (χ1n) is 11.1. The number of aromatic nitrogens is 3. The third-order valence-corrected chi connectivity index (χ3v) is 6.13. The third-order valence-electron chi connectivity index (χ3n) is 6.13. The summed E-state index contributed by atoms with van der Waals surface area (Å²) in [6.07, 6.45) is 8.30. The fraction of sp³-hybridized carbons (Fsp3) is 0.565. The number of piperazine rings is 1. The van der Waals surface area contributed by atoms with E-state index in [-0.39, 0.29) is 5.91 Å². The van der Waals surface area contributed by atoms with Crippen LogP contribution in [-0.4, -0.2) is 64.5 Å². The van der Waals surface area contributed by atoms with E-state index in [2.05, 4.69) is 32.0 Å². The minimum atomic E-state index is 0.166. The quantitative estimate of drug-likeness (QED) is 0.820. The van der Waals surface area contributed by atoms with Crippen LogP contribution in [0.15, 0.2) is 30.6 Å². The molecule has 2 fully saturated rings. The van der Waals surface area contributed by atoms with Crippen LogP contribution in [0.5, 0.6) is 0 Å². The highest BCUT2D eigenvalue weighted by Gasteiger charge is 2.24. The first kappa shape index (κ1) is 20.7. The average Bonchev–Trinajstić information content (AvgIpc) is 2.74. The van der Waals surface area contributed by atoms with Gasteiger partial charge in [-0.1, -0.05) is 19.8 Å². The normalized spacial score (nSPS) is 22.7. The molecule has 1 amide bonds. The average molecular weight is 409 g/mol. The number of aryl methyl sites for hydroxylation is 1. The van der Waals surface area contributed by atoms with Crippen LogP contribution in [0.2, 0.25) is 0 Å². The van der Waals surface area contributed by atoms with Gasteiger partial charge in [0.15, 0.2) is 5.82 Å². The van der Waals surface area contributed by atoms with Crippen molar-refractivity contribution in [3.05, 3.63) is 36.3 Å². The molecular weight excluding hydrogens is 376 g/mol. The molecule has 0 bridgehead atoms. The summed E-state index contributed by atoms with van der Waals surface area (Å²) in [4.78, 5) is 30.5. The second-order valence-corrected chi connectivity index (χ2v) is 8.73. The van der Waals surface area contributed by atoms with Crippen molar-refractivity contribution in [2.24, 2.45) is 5.92 Å². The Morgan fingerprint density at radius 1 is 1.20 bits per heavy atom. The summed E-state index contributed by atoms with van der Waals surface area (Å²) in [5, 5.41) is 3.25. The topological polar surface area (TPSA) is 74.2 Å². The first-order chi connectivity index (χ1) is 14.6. The molecule has 2 aliphatic rings. The maximum atomic E-state index is 12.5. The number of rotatable bonds is 5. The molecule has 1 saturated heterocycles. The van der Waals surface area contributed by atoms with Gasteiger partial charge in [-0.05, 0) is 37.8 Å². The van der Waals surface area contributed by atoms with Gasteiger partial charge in [-0.3, -0.25) is 14.7 Å². The summed E-state index contributed by atoms with van der Waals surface area (Å²) in [6.45, 7) is 8.21. The Hall–Kier alpha value is -2.54. The van der Waals surface area contributed by atoms with Crippen LogP contribution in [0.1, 0.15) is 38.3 Å². The van der Waals surface area contributed by atoms with Gasteiger partial charge in [0.05, 0.1) is 6.54 Å². The summed E-state index contributed by atoms with van der Waals surface area (Å²) in [6, 6.07) is 6.28. The standard InChI is InChI=1S/C23H32N6O/c1-17-5-3-7-20(13-17)26-22(30)16-28-9-11-29(12-10-28)21-14-18(2)25-23(27-21)19-6-4-8-24-15-19/h4,6,8,14-15,17,20H,3,5,7,9-13,16H2,1-2H3,(H,26,30). The molecule has 0 radical (unpaired) electrons. The predicted octanol–water partition coefficient (Wildman–Crippen LogP) is 2.66. The zero-order valence-electron chi connectivity index (χ0n) is 18.0. The molecule has 7 nitrogen and oxygen atoms in total. The predicted molar refractivity (Wildman–Crippen MR) is 118 cm³/mol. The summed E-state index contributed by atoms with van der Waals surface area (Å²) in [5.74, 6) is 2.54. The highest BCUT2D eigenvalue weighted by Crippen LogP contribution is 2.23. The van der Waals surface area contributed by atoms with E-state index in [0.717, 1.165) is 62.0 Å². The lowest BCUT2D eigenvalue weighted by Crippen LogP contribution is -2.51. The molecule has 0 spiro atoms. The number of nitrogens with one attached hydrogen (secondary N) is 1. The summed E-state index contributed by atoms with van der Waals surface area (Å²) < 4.78 is 0. The van der Waals surface area contributed by atoms with E-state index < -0.39 is 0 Å². The second kappa shape index (κ2) is 9.51. The smallest absolute Gasteiger partial charge is 0.234 e. The number of carbonyl (C=O) groups is 1. The van der Waals surface area contributed by atoms with Crippen molar-refractivity contribution >= 4 is 11.7 Å². The molecule has 30 heavy (non-hydrogen) atoms. The Morgan fingerprint density at radius 2 is 2.03 bits per heavy atom. The van der Waals surface area contributed by atoms with E-state index in [1.165, 1.54) is 12.8 Å². The number of hydrogen-bond donors (Lipinski definition) is 1.